The Kier molecular flexibility index (Phi) is 5.69. The van der Waals surface area contributed by atoms with Crippen LogP contribution in [0.15, 0.2) is 40.9 Å². The van der Waals surface area contributed by atoms with Gasteiger partial charge in [0.1, 0.15) is 11.6 Å². The first kappa shape index (κ1) is 18.3. The predicted octanol–water partition coefficient (Wildman–Crippen LogP) is 5.09. The summed E-state index contributed by atoms with van der Waals surface area (Å²) < 4.78 is 14.2. The van der Waals surface area contributed by atoms with E-state index in [0.29, 0.717) is 5.11 Å². The summed E-state index contributed by atoms with van der Waals surface area (Å²) in [6.45, 7) is 2.67. The van der Waals surface area contributed by atoms with Crippen molar-refractivity contribution in [2.75, 3.05) is 11.9 Å². The van der Waals surface area contributed by atoms with Gasteiger partial charge in [-0.05, 0) is 77.7 Å². The number of anilines is 1. The lowest BCUT2D eigenvalue weighted by Gasteiger charge is -2.30. The van der Waals surface area contributed by atoms with Gasteiger partial charge in [0, 0.05) is 16.4 Å². The maximum atomic E-state index is 13.3. The molecule has 0 unspecified atom stereocenters. The van der Waals surface area contributed by atoms with Crippen LogP contribution in [0.4, 0.5) is 10.2 Å². The van der Waals surface area contributed by atoms with Crippen molar-refractivity contribution in [1.29, 1.82) is 0 Å². The molecule has 2 N–H and O–H groups in total. The highest BCUT2D eigenvalue weighted by Crippen LogP contribution is 2.40. The standard InChI is InChI=1S/C19H21BrFN3S/c1-13-16(20)8-9-17(23-13)24-18(25)22-12-19(10-2-3-11-19)14-4-6-15(21)7-5-14/h4-9H,2-3,10-12H2,1H3,(H2,22,23,24,25). The molecule has 0 radical (unpaired) electrons. The number of nitrogens with one attached hydrogen (secondary N) is 2. The van der Waals surface area contributed by atoms with E-state index in [1.54, 1.807) is 12.1 Å². The summed E-state index contributed by atoms with van der Waals surface area (Å²) in [5, 5.41) is 7.03. The number of thiocarbonyl (C=S) groups is 1. The van der Waals surface area contributed by atoms with Gasteiger partial charge in [-0.1, -0.05) is 25.0 Å². The fourth-order valence-corrected chi connectivity index (χ4v) is 3.84. The Balaban J connectivity index is 1.66. The van der Waals surface area contributed by atoms with Crippen molar-refractivity contribution in [3.05, 3.63) is 57.9 Å². The highest BCUT2D eigenvalue weighted by Gasteiger charge is 2.35. The fraction of sp³-hybridized carbons (Fsp3) is 0.368. The lowest BCUT2D eigenvalue weighted by atomic mass is 9.79. The second kappa shape index (κ2) is 7.79. The van der Waals surface area contributed by atoms with Crippen LogP contribution >= 0.6 is 28.1 Å². The summed E-state index contributed by atoms with van der Waals surface area (Å²) in [7, 11) is 0. The third-order valence-electron chi connectivity index (χ3n) is 4.87. The smallest absolute Gasteiger partial charge is 0.171 e. The van der Waals surface area contributed by atoms with Crippen LogP contribution in [0.3, 0.4) is 0 Å². The van der Waals surface area contributed by atoms with E-state index in [1.165, 1.54) is 18.4 Å². The van der Waals surface area contributed by atoms with E-state index in [0.717, 1.165) is 35.4 Å². The molecule has 0 atom stereocenters. The normalized spacial score (nSPS) is 15.8. The van der Waals surface area contributed by atoms with Crippen LogP contribution in [0.2, 0.25) is 0 Å². The summed E-state index contributed by atoms with van der Waals surface area (Å²) in [6, 6.07) is 10.7. The Morgan fingerprint density at radius 1 is 1.20 bits per heavy atom. The average Bonchev–Trinajstić information content (AvgIpc) is 3.07. The Morgan fingerprint density at radius 2 is 1.88 bits per heavy atom. The maximum Gasteiger partial charge on any atom is 0.171 e. The molecule has 1 heterocycles. The number of aromatic nitrogens is 1. The minimum absolute atomic E-state index is 0.0164. The largest absolute Gasteiger partial charge is 0.362 e. The fourth-order valence-electron chi connectivity index (χ4n) is 3.45. The van der Waals surface area contributed by atoms with Crippen molar-refractivity contribution in [1.82, 2.24) is 10.3 Å². The number of hydrogen-bond donors (Lipinski definition) is 2. The summed E-state index contributed by atoms with van der Waals surface area (Å²) >= 11 is 8.88. The van der Waals surface area contributed by atoms with Crippen molar-refractivity contribution in [2.24, 2.45) is 0 Å². The molecule has 1 aromatic carbocycles. The third kappa shape index (κ3) is 4.36. The first-order chi connectivity index (χ1) is 12.0. The van der Waals surface area contributed by atoms with Crippen molar-refractivity contribution < 1.29 is 4.39 Å². The van der Waals surface area contributed by atoms with E-state index in [1.807, 2.05) is 31.2 Å². The maximum absolute atomic E-state index is 13.3. The van der Waals surface area contributed by atoms with Crippen LogP contribution < -0.4 is 10.6 Å². The SMILES string of the molecule is Cc1nc(NC(=S)NCC2(c3ccc(F)cc3)CCCC2)ccc1Br. The van der Waals surface area contributed by atoms with Gasteiger partial charge >= 0.3 is 0 Å². The monoisotopic (exact) mass is 421 g/mol. The van der Waals surface area contributed by atoms with Gasteiger partial charge in [-0.3, -0.25) is 0 Å². The van der Waals surface area contributed by atoms with Crippen LogP contribution in [0.5, 0.6) is 0 Å². The molecular formula is C19H21BrFN3S. The molecule has 0 bridgehead atoms. The summed E-state index contributed by atoms with van der Waals surface area (Å²) in [4.78, 5) is 4.45. The summed E-state index contributed by atoms with van der Waals surface area (Å²) in [5.74, 6) is 0.527. The number of pyridine rings is 1. The summed E-state index contributed by atoms with van der Waals surface area (Å²) in [5.41, 5.74) is 2.10. The Hall–Kier alpha value is -1.53. The zero-order valence-corrected chi connectivity index (χ0v) is 16.5. The van der Waals surface area contributed by atoms with Gasteiger partial charge in [-0.15, -0.1) is 0 Å². The second-order valence-electron chi connectivity index (χ2n) is 6.57. The molecule has 1 aromatic heterocycles. The lowest BCUT2D eigenvalue weighted by molar-refractivity contribution is 0.434. The molecule has 25 heavy (non-hydrogen) atoms. The van der Waals surface area contributed by atoms with E-state index in [-0.39, 0.29) is 11.2 Å². The predicted molar refractivity (Wildman–Crippen MR) is 107 cm³/mol. The Labute approximate surface area is 161 Å². The number of nitrogens with zero attached hydrogens (tertiary/aromatic N) is 1. The quantitative estimate of drug-likeness (QED) is 0.674. The van der Waals surface area contributed by atoms with Gasteiger partial charge < -0.3 is 10.6 Å². The van der Waals surface area contributed by atoms with E-state index >= 15 is 0 Å². The first-order valence-electron chi connectivity index (χ1n) is 8.43. The highest BCUT2D eigenvalue weighted by atomic mass is 79.9. The second-order valence-corrected chi connectivity index (χ2v) is 7.83. The van der Waals surface area contributed by atoms with E-state index in [9.17, 15) is 4.39 Å². The molecular weight excluding hydrogens is 401 g/mol. The van der Waals surface area contributed by atoms with Crippen LogP contribution in [-0.4, -0.2) is 16.6 Å². The molecule has 1 aliphatic carbocycles. The van der Waals surface area contributed by atoms with E-state index in [4.69, 9.17) is 12.2 Å². The van der Waals surface area contributed by atoms with Crippen molar-refractivity contribution in [3.8, 4) is 0 Å². The minimum Gasteiger partial charge on any atom is -0.362 e. The molecule has 0 saturated heterocycles. The molecule has 0 aliphatic heterocycles. The molecule has 3 rings (SSSR count). The molecule has 3 nitrogen and oxygen atoms in total. The van der Waals surface area contributed by atoms with Gasteiger partial charge in [0.15, 0.2) is 5.11 Å². The van der Waals surface area contributed by atoms with Crippen LogP contribution in [0.25, 0.3) is 0 Å². The lowest BCUT2D eigenvalue weighted by Crippen LogP contribution is -2.40. The van der Waals surface area contributed by atoms with Gasteiger partial charge in [0.2, 0.25) is 0 Å². The third-order valence-corrected chi connectivity index (χ3v) is 5.95. The van der Waals surface area contributed by atoms with Gasteiger partial charge in [0.05, 0.1) is 5.69 Å². The van der Waals surface area contributed by atoms with Gasteiger partial charge in [-0.25, -0.2) is 9.37 Å². The van der Waals surface area contributed by atoms with Gasteiger partial charge in [0.25, 0.3) is 0 Å². The van der Waals surface area contributed by atoms with E-state index < -0.39 is 0 Å². The van der Waals surface area contributed by atoms with Crippen molar-refractivity contribution in [2.45, 2.75) is 38.0 Å². The number of aryl methyl sites for hydroxylation is 1. The summed E-state index contributed by atoms with van der Waals surface area (Å²) in [6.07, 6.45) is 4.55. The number of hydrogen-bond acceptors (Lipinski definition) is 2. The molecule has 1 saturated carbocycles. The topological polar surface area (TPSA) is 37.0 Å². The molecule has 2 aromatic rings. The molecule has 0 spiro atoms. The Morgan fingerprint density at radius 3 is 2.52 bits per heavy atom. The van der Waals surface area contributed by atoms with Crippen LogP contribution in [-0.2, 0) is 5.41 Å². The minimum atomic E-state index is -0.196. The average molecular weight is 422 g/mol. The van der Waals surface area contributed by atoms with Crippen LogP contribution in [0, 0.1) is 12.7 Å². The highest BCUT2D eigenvalue weighted by molar-refractivity contribution is 9.10. The van der Waals surface area contributed by atoms with Crippen molar-refractivity contribution in [3.63, 3.8) is 0 Å². The zero-order chi connectivity index (χ0) is 17.9. The molecule has 0 amide bonds. The molecule has 1 fully saturated rings. The number of benzene rings is 1. The molecule has 132 valence electrons. The van der Waals surface area contributed by atoms with Crippen LogP contribution in [0.1, 0.15) is 36.9 Å². The zero-order valence-electron chi connectivity index (χ0n) is 14.1. The molecule has 6 heteroatoms. The van der Waals surface area contributed by atoms with Gasteiger partial charge in [-0.2, -0.15) is 0 Å². The first-order valence-corrected chi connectivity index (χ1v) is 9.63. The number of halogens is 2. The Bertz CT molecular complexity index is 758. The van der Waals surface area contributed by atoms with Crippen molar-refractivity contribution >= 4 is 39.1 Å². The van der Waals surface area contributed by atoms with E-state index in [2.05, 4.69) is 31.5 Å². The molecule has 1 aliphatic rings. The number of rotatable bonds is 4.